The van der Waals surface area contributed by atoms with Gasteiger partial charge >= 0.3 is 17.9 Å². The lowest BCUT2D eigenvalue weighted by Crippen LogP contribution is -2.30. The molecule has 0 heterocycles. The second-order valence-corrected chi connectivity index (χ2v) is 14.5. The van der Waals surface area contributed by atoms with E-state index in [2.05, 4.69) is 93.7 Å². The van der Waals surface area contributed by atoms with Crippen LogP contribution in [0.2, 0.25) is 0 Å². The van der Waals surface area contributed by atoms with Crippen LogP contribution in [0.25, 0.3) is 0 Å². The molecule has 0 saturated heterocycles. The van der Waals surface area contributed by atoms with Crippen molar-refractivity contribution in [1.29, 1.82) is 0 Å². The predicted molar refractivity (Wildman–Crippen MR) is 233 cm³/mol. The van der Waals surface area contributed by atoms with Crippen molar-refractivity contribution >= 4 is 17.9 Å². The third-order valence-corrected chi connectivity index (χ3v) is 9.18. The van der Waals surface area contributed by atoms with E-state index in [0.29, 0.717) is 19.3 Å². The Morgan fingerprint density at radius 3 is 1.16 bits per heavy atom. The van der Waals surface area contributed by atoms with Gasteiger partial charge in [0.25, 0.3) is 0 Å². The predicted octanol–water partition coefficient (Wildman–Crippen LogP) is 14.3. The highest BCUT2D eigenvalue weighted by Crippen LogP contribution is 2.13. The van der Waals surface area contributed by atoms with Gasteiger partial charge in [0.15, 0.2) is 6.10 Å². The van der Waals surface area contributed by atoms with E-state index in [4.69, 9.17) is 14.2 Å². The molecule has 0 aliphatic heterocycles. The van der Waals surface area contributed by atoms with E-state index < -0.39 is 6.10 Å². The maximum atomic E-state index is 12.7. The molecule has 1 unspecified atom stereocenters. The summed E-state index contributed by atoms with van der Waals surface area (Å²) in [5.41, 5.74) is 0. The van der Waals surface area contributed by atoms with Crippen LogP contribution in [-0.4, -0.2) is 37.2 Å². The molecule has 0 saturated carbocycles. The smallest absolute Gasteiger partial charge is 0.306 e. The highest BCUT2D eigenvalue weighted by molar-refractivity contribution is 5.71. The summed E-state index contributed by atoms with van der Waals surface area (Å²) in [5.74, 6) is -0.963. The van der Waals surface area contributed by atoms with E-state index in [9.17, 15) is 14.4 Å². The Bertz CT molecular complexity index is 1070. The molecular formula is C49H82O6. The number of allylic oxidation sites excluding steroid dienone is 12. The largest absolute Gasteiger partial charge is 0.462 e. The number of hydrogen-bond donors (Lipinski definition) is 0. The van der Waals surface area contributed by atoms with E-state index in [1.165, 1.54) is 51.4 Å². The lowest BCUT2D eigenvalue weighted by atomic mass is 10.1. The first-order chi connectivity index (χ1) is 27.0. The van der Waals surface area contributed by atoms with Crippen molar-refractivity contribution in [3.8, 4) is 0 Å². The molecule has 0 aromatic heterocycles. The highest BCUT2D eigenvalue weighted by atomic mass is 16.6. The van der Waals surface area contributed by atoms with E-state index in [0.717, 1.165) is 103 Å². The maximum Gasteiger partial charge on any atom is 0.306 e. The van der Waals surface area contributed by atoms with Crippen LogP contribution in [0.15, 0.2) is 72.9 Å². The van der Waals surface area contributed by atoms with Crippen LogP contribution in [0, 0.1) is 0 Å². The van der Waals surface area contributed by atoms with Crippen LogP contribution >= 0.6 is 0 Å². The average molecular weight is 767 g/mol. The average Bonchev–Trinajstić information content (AvgIpc) is 3.18. The molecule has 314 valence electrons. The summed E-state index contributed by atoms with van der Waals surface area (Å²) in [4.78, 5) is 37.7. The fourth-order valence-electron chi connectivity index (χ4n) is 5.83. The van der Waals surface area contributed by atoms with Crippen LogP contribution in [0.5, 0.6) is 0 Å². The van der Waals surface area contributed by atoms with Gasteiger partial charge in [0.05, 0.1) is 0 Å². The molecule has 0 N–H and O–H groups in total. The number of ether oxygens (including phenoxy) is 3. The number of carbonyl (C=O) groups is 3. The summed E-state index contributed by atoms with van der Waals surface area (Å²) in [6, 6.07) is 0. The number of rotatable bonds is 39. The van der Waals surface area contributed by atoms with Crippen molar-refractivity contribution in [2.75, 3.05) is 13.2 Å². The molecule has 0 aliphatic rings. The molecule has 0 rings (SSSR count). The lowest BCUT2D eigenvalue weighted by Gasteiger charge is -2.18. The van der Waals surface area contributed by atoms with Crippen LogP contribution in [0.1, 0.15) is 201 Å². The van der Waals surface area contributed by atoms with Gasteiger partial charge in [-0.05, 0) is 96.3 Å². The highest BCUT2D eigenvalue weighted by Gasteiger charge is 2.19. The first kappa shape index (κ1) is 51.9. The summed E-state index contributed by atoms with van der Waals surface area (Å²) in [7, 11) is 0. The number of esters is 3. The van der Waals surface area contributed by atoms with Crippen molar-refractivity contribution < 1.29 is 28.6 Å². The monoisotopic (exact) mass is 767 g/mol. The van der Waals surface area contributed by atoms with E-state index in [1.807, 2.05) is 0 Å². The molecule has 0 aliphatic carbocycles. The van der Waals surface area contributed by atoms with Gasteiger partial charge < -0.3 is 14.2 Å². The van der Waals surface area contributed by atoms with Gasteiger partial charge in [-0.3, -0.25) is 14.4 Å². The summed E-state index contributed by atoms with van der Waals surface area (Å²) in [5, 5.41) is 0. The summed E-state index contributed by atoms with van der Waals surface area (Å²) in [6.07, 6.45) is 53.2. The van der Waals surface area contributed by atoms with E-state index in [1.54, 1.807) is 0 Å². The van der Waals surface area contributed by atoms with Crippen molar-refractivity contribution in [1.82, 2.24) is 0 Å². The molecule has 6 nitrogen and oxygen atoms in total. The van der Waals surface area contributed by atoms with Crippen molar-refractivity contribution in [2.45, 2.75) is 207 Å². The second-order valence-electron chi connectivity index (χ2n) is 14.5. The Morgan fingerprint density at radius 2 is 0.709 bits per heavy atom. The molecule has 0 amide bonds. The van der Waals surface area contributed by atoms with Crippen LogP contribution in [0.4, 0.5) is 0 Å². The zero-order chi connectivity index (χ0) is 40.1. The minimum atomic E-state index is -0.799. The Hall–Kier alpha value is -3.15. The minimum Gasteiger partial charge on any atom is -0.462 e. The zero-order valence-electron chi connectivity index (χ0n) is 35.7. The number of hydrogen-bond acceptors (Lipinski definition) is 6. The molecule has 0 bridgehead atoms. The van der Waals surface area contributed by atoms with Crippen LogP contribution < -0.4 is 0 Å². The van der Waals surface area contributed by atoms with Gasteiger partial charge in [0, 0.05) is 19.3 Å². The van der Waals surface area contributed by atoms with Gasteiger partial charge in [-0.1, -0.05) is 158 Å². The molecule has 0 fully saturated rings. The third-order valence-electron chi connectivity index (χ3n) is 9.18. The fraction of sp³-hybridized carbons (Fsp3) is 0.694. The van der Waals surface area contributed by atoms with Gasteiger partial charge in [-0.15, -0.1) is 0 Å². The molecular weight excluding hydrogens is 685 g/mol. The summed E-state index contributed by atoms with van der Waals surface area (Å²) in [6.45, 7) is 6.30. The Labute approximate surface area is 338 Å². The molecule has 1 atom stereocenters. The third kappa shape index (κ3) is 41.8. The van der Waals surface area contributed by atoms with E-state index in [-0.39, 0.29) is 37.5 Å². The quantitative estimate of drug-likeness (QED) is 0.0268. The Kier molecular flexibility index (Phi) is 41.1. The van der Waals surface area contributed by atoms with Gasteiger partial charge in [0.1, 0.15) is 13.2 Å². The van der Waals surface area contributed by atoms with Gasteiger partial charge in [-0.2, -0.15) is 0 Å². The Balaban J connectivity index is 4.45. The molecule has 0 radical (unpaired) electrons. The molecule has 6 heteroatoms. The molecule has 0 aromatic rings. The molecule has 55 heavy (non-hydrogen) atoms. The molecule has 0 spiro atoms. The van der Waals surface area contributed by atoms with Crippen LogP contribution in [0.3, 0.4) is 0 Å². The zero-order valence-corrected chi connectivity index (χ0v) is 35.7. The SMILES string of the molecule is CC/C=C\C/C=C\C/C=C\CCCCC(=O)OC(COC(=O)CCCCCCC/C=C\CCCC)COC(=O)CCCCCCCCC/C=C\C/C=C\CC. The normalized spacial score (nSPS) is 12.7. The number of carbonyl (C=O) groups excluding carboxylic acids is 3. The summed E-state index contributed by atoms with van der Waals surface area (Å²) < 4.78 is 16.6. The van der Waals surface area contributed by atoms with E-state index >= 15 is 0 Å². The van der Waals surface area contributed by atoms with Crippen molar-refractivity contribution in [3.63, 3.8) is 0 Å². The molecule has 0 aromatic carbocycles. The summed E-state index contributed by atoms with van der Waals surface area (Å²) >= 11 is 0. The van der Waals surface area contributed by atoms with Crippen molar-refractivity contribution in [2.24, 2.45) is 0 Å². The Morgan fingerprint density at radius 1 is 0.382 bits per heavy atom. The maximum absolute atomic E-state index is 12.7. The van der Waals surface area contributed by atoms with Gasteiger partial charge in [0.2, 0.25) is 0 Å². The topological polar surface area (TPSA) is 78.9 Å². The first-order valence-corrected chi connectivity index (χ1v) is 22.4. The van der Waals surface area contributed by atoms with Gasteiger partial charge in [-0.25, -0.2) is 0 Å². The number of unbranched alkanes of at least 4 members (excludes halogenated alkanes) is 16. The first-order valence-electron chi connectivity index (χ1n) is 22.4. The second kappa shape index (κ2) is 43.6. The fourth-order valence-corrected chi connectivity index (χ4v) is 5.83. The van der Waals surface area contributed by atoms with Crippen LogP contribution in [-0.2, 0) is 28.6 Å². The lowest BCUT2D eigenvalue weighted by molar-refractivity contribution is -0.167. The minimum absolute atomic E-state index is 0.0986. The standard InChI is InChI=1S/C49H82O6/c1-4-7-10-13-16-19-22-24-25-28-30-33-36-39-42-48(51)54-45-46(44-53-47(50)41-38-35-32-29-26-21-18-15-12-9-6-3)55-49(52)43-40-37-34-31-27-23-20-17-14-11-8-5-2/h7-8,10-11,15-20,27,31,46H,4-6,9,12-14,21-26,28-30,32-45H2,1-3H3/b10-7-,11-8-,18-15-,19-16-,20-17-,31-27-. The van der Waals surface area contributed by atoms with Crippen molar-refractivity contribution in [3.05, 3.63) is 72.9 Å².